The van der Waals surface area contributed by atoms with E-state index in [1.165, 1.54) is 18.4 Å². The van der Waals surface area contributed by atoms with Crippen molar-refractivity contribution in [3.8, 4) is 0 Å². The Morgan fingerprint density at radius 3 is 2.00 bits per heavy atom. The van der Waals surface area contributed by atoms with Gasteiger partial charge in [-0.2, -0.15) is 0 Å². The molecule has 0 amide bonds. The van der Waals surface area contributed by atoms with Gasteiger partial charge in [0.25, 0.3) is 0 Å². The first kappa shape index (κ1) is 11.8. The fourth-order valence-electron chi connectivity index (χ4n) is 1.34. The molecule has 0 fully saturated rings. The van der Waals surface area contributed by atoms with Crippen LogP contribution >= 0.6 is 0 Å². The van der Waals surface area contributed by atoms with Crippen LogP contribution in [-0.4, -0.2) is 7.85 Å². The van der Waals surface area contributed by atoms with E-state index in [-0.39, 0.29) is 0 Å². The van der Waals surface area contributed by atoms with Crippen molar-refractivity contribution in [3.05, 3.63) is 12.2 Å². The lowest BCUT2D eigenvalue weighted by Crippen LogP contribution is -2.04. The number of rotatable bonds is 5. The van der Waals surface area contributed by atoms with E-state index in [2.05, 4.69) is 42.1 Å². The van der Waals surface area contributed by atoms with Crippen LogP contribution in [-0.2, 0) is 0 Å². The van der Waals surface area contributed by atoms with Gasteiger partial charge in [0.2, 0.25) is 0 Å². The largest absolute Gasteiger partial charge is 0.110 e. The summed E-state index contributed by atoms with van der Waals surface area (Å²) in [6, 6.07) is 0. The summed E-state index contributed by atoms with van der Waals surface area (Å²) in [6.07, 6.45) is 2.63. The van der Waals surface area contributed by atoms with E-state index in [0.717, 1.165) is 5.92 Å². The molecule has 70 valence electrons. The van der Waals surface area contributed by atoms with Crippen LogP contribution in [0.15, 0.2) is 12.2 Å². The summed E-state index contributed by atoms with van der Waals surface area (Å²) in [5.74, 6) is 2.17. The van der Waals surface area contributed by atoms with Crippen molar-refractivity contribution in [3.63, 3.8) is 0 Å². The molecule has 0 bridgehead atoms. The van der Waals surface area contributed by atoms with Crippen LogP contribution in [0.25, 0.3) is 0 Å². The van der Waals surface area contributed by atoms with Crippen LogP contribution in [0.5, 0.6) is 0 Å². The minimum atomic E-state index is 0.646. The predicted molar refractivity (Wildman–Crippen MR) is 60.3 cm³/mol. The highest BCUT2D eigenvalue weighted by atomic mass is 14.1. The minimum Gasteiger partial charge on any atom is -0.100 e. The van der Waals surface area contributed by atoms with E-state index >= 15 is 0 Å². The average Bonchev–Trinajstić information content (AvgIpc) is 1.98. The molecule has 0 radical (unpaired) electrons. The molecular weight excluding hydrogens is 143 g/mol. The molecule has 12 heavy (non-hydrogen) atoms. The average molecular weight is 166 g/mol. The smallest absolute Gasteiger partial charge is 0.100 e. The lowest BCUT2D eigenvalue weighted by Gasteiger charge is -2.18. The summed E-state index contributed by atoms with van der Waals surface area (Å²) in [5, 5.41) is 0. The molecule has 0 aliphatic carbocycles. The van der Waals surface area contributed by atoms with Crippen molar-refractivity contribution < 1.29 is 0 Å². The standard InChI is InChI=1S/C11H23B/c1-8(2)6-7-9(3)10(4)11(5)12/h8-9,11H,4,6-7,12H2,1-3,5H3. The third-order valence-corrected chi connectivity index (χ3v) is 2.55. The lowest BCUT2D eigenvalue weighted by molar-refractivity contribution is 0.484. The highest BCUT2D eigenvalue weighted by Gasteiger charge is 2.10. The van der Waals surface area contributed by atoms with Gasteiger partial charge in [-0.3, -0.25) is 0 Å². The predicted octanol–water partition coefficient (Wildman–Crippen LogP) is 3.06. The van der Waals surface area contributed by atoms with E-state index in [1.807, 2.05) is 0 Å². The highest BCUT2D eigenvalue weighted by molar-refractivity contribution is 6.13. The first-order valence-electron chi connectivity index (χ1n) is 5.13. The zero-order valence-corrected chi connectivity index (χ0v) is 9.35. The molecule has 0 aromatic carbocycles. The van der Waals surface area contributed by atoms with Crippen LogP contribution in [0.3, 0.4) is 0 Å². The summed E-state index contributed by atoms with van der Waals surface area (Å²) >= 11 is 0. The van der Waals surface area contributed by atoms with Gasteiger partial charge in [0.1, 0.15) is 7.85 Å². The Hall–Kier alpha value is -0.195. The van der Waals surface area contributed by atoms with Crippen LogP contribution in [0.2, 0.25) is 5.82 Å². The lowest BCUT2D eigenvalue weighted by atomic mass is 9.76. The Kier molecular flexibility index (Phi) is 5.36. The molecule has 0 saturated heterocycles. The van der Waals surface area contributed by atoms with Crippen molar-refractivity contribution in [2.75, 3.05) is 0 Å². The van der Waals surface area contributed by atoms with Gasteiger partial charge in [-0.15, -0.1) is 6.58 Å². The number of allylic oxidation sites excluding steroid dienone is 1. The van der Waals surface area contributed by atoms with Crippen LogP contribution in [0, 0.1) is 11.8 Å². The Balaban J connectivity index is 3.72. The maximum Gasteiger partial charge on any atom is 0.110 e. The fraction of sp³-hybridized carbons (Fsp3) is 0.818. The topological polar surface area (TPSA) is 0 Å². The van der Waals surface area contributed by atoms with Gasteiger partial charge in [0, 0.05) is 0 Å². The molecule has 0 saturated carbocycles. The minimum absolute atomic E-state index is 0.646. The summed E-state index contributed by atoms with van der Waals surface area (Å²) in [7, 11) is 2.23. The number of hydrogen-bond donors (Lipinski definition) is 0. The molecule has 0 rings (SSSR count). The molecule has 0 spiro atoms. The third kappa shape index (κ3) is 4.64. The summed E-state index contributed by atoms with van der Waals surface area (Å²) < 4.78 is 0. The Labute approximate surface area is 78.9 Å². The van der Waals surface area contributed by atoms with Gasteiger partial charge >= 0.3 is 0 Å². The Morgan fingerprint density at radius 1 is 1.17 bits per heavy atom. The van der Waals surface area contributed by atoms with Crippen molar-refractivity contribution in [1.29, 1.82) is 0 Å². The summed E-state index contributed by atoms with van der Waals surface area (Å²) in [6.45, 7) is 13.2. The SMILES string of the molecule is BC(C)C(=C)C(C)CCC(C)C. The normalized spacial score (nSPS) is 16.1. The van der Waals surface area contributed by atoms with E-state index < -0.39 is 0 Å². The van der Waals surface area contributed by atoms with Gasteiger partial charge < -0.3 is 0 Å². The highest BCUT2D eigenvalue weighted by Crippen LogP contribution is 2.25. The molecule has 0 aliphatic rings. The second-order valence-electron chi connectivity index (χ2n) is 4.60. The van der Waals surface area contributed by atoms with Crippen molar-refractivity contribution in [2.45, 2.75) is 46.4 Å². The maximum absolute atomic E-state index is 4.13. The molecule has 0 aromatic rings. The van der Waals surface area contributed by atoms with Crippen LogP contribution in [0.1, 0.15) is 40.5 Å². The molecule has 2 atom stereocenters. The second kappa shape index (κ2) is 5.45. The van der Waals surface area contributed by atoms with Crippen LogP contribution < -0.4 is 0 Å². The third-order valence-electron chi connectivity index (χ3n) is 2.55. The van der Waals surface area contributed by atoms with Crippen molar-refractivity contribution in [2.24, 2.45) is 11.8 Å². The molecule has 0 aromatic heterocycles. The molecule has 0 N–H and O–H groups in total. The summed E-state index contributed by atoms with van der Waals surface area (Å²) in [5.41, 5.74) is 1.41. The second-order valence-corrected chi connectivity index (χ2v) is 4.60. The zero-order valence-electron chi connectivity index (χ0n) is 9.35. The van der Waals surface area contributed by atoms with Gasteiger partial charge in [-0.25, -0.2) is 0 Å². The molecular formula is C11H23B. The zero-order chi connectivity index (χ0) is 9.72. The molecule has 2 unspecified atom stereocenters. The van der Waals surface area contributed by atoms with E-state index in [9.17, 15) is 0 Å². The van der Waals surface area contributed by atoms with Gasteiger partial charge in [0.05, 0.1) is 0 Å². The van der Waals surface area contributed by atoms with Gasteiger partial charge in [-0.1, -0.05) is 45.5 Å². The molecule has 0 aliphatic heterocycles. The van der Waals surface area contributed by atoms with Crippen LogP contribution in [0.4, 0.5) is 0 Å². The van der Waals surface area contributed by atoms with Gasteiger partial charge in [-0.05, 0) is 18.3 Å². The quantitative estimate of drug-likeness (QED) is 0.435. The van der Waals surface area contributed by atoms with E-state index in [1.54, 1.807) is 0 Å². The maximum atomic E-state index is 4.13. The Bertz CT molecular complexity index is 136. The van der Waals surface area contributed by atoms with Gasteiger partial charge in [0.15, 0.2) is 0 Å². The molecule has 1 heteroatoms. The van der Waals surface area contributed by atoms with E-state index in [0.29, 0.717) is 11.7 Å². The first-order valence-corrected chi connectivity index (χ1v) is 5.13. The monoisotopic (exact) mass is 166 g/mol. The first-order chi connectivity index (χ1) is 5.45. The van der Waals surface area contributed by atoms with E-state index in [4.69, 9.17) is 0 Å². The van der Waals surface area contributed by atoms with Crippen molar-refractivity contribution in [1.82, 2.24) is 0 Å². The summed E-state index contributed by atoms with van der Waals surface area (Å²) in [4.78, 5) is 0. The molecule has 0 nitrogen and oxygen atoms in total. The number of hydrogen-bond acceptors (Lipinski definition) is 0. The van der Waals surface area contributed by atoms with Crippen molar-refractivity contribution >= 4 is 7.85 Å². The molecule has 0 heterocycles. The Morgan fingerprint density at radius 2 is 1.67 bits per heavy atom. The fourth-order valence-corrected chi connectivity index (χ4v) is 1.34.